The molecule has 304 valence electrons. The van der Waals surface area contributed by atoms with Crippen LogP contribution in [0, 0.1) is 17.3 Å². The van der Waals surface area contributed by atoms with Crippen LogP contribution < -0.4 is 10.6 Å². The van der Waals surface area contributed by atoms with Crippen molar-refractivity contribution in [3.8, 4) is 0 Å². The molecule has 0 aromatic heterocycles. The number of carboxylic acid groups (broad SMARTS) is 1. The third-order valence-electron chi connectivity index (χ3n) is 9.68. The number of imide groups is 1. The molecule has 2 aliphatic heterocycles. The lowest BCUT2D eigenvalue weighted by molar-refractivity contribution is -0.228. The minimum Gasteiger partial charge on any atom is -0.479 e. The molecule has 6 N–H and O–H groups in total. The van der Waals surface area contributed by atoms with Gasteiger partial charge < -0.3 is 40.5 Å². The van der Waals surface area contributed by atoms with E-state index in [0.29, 0.717) is 36.1 Å². The molecule has 0 radical (unpaired) electrons. The average Bonchev–Trinajstić information content (AvgIpc) is 3.43. The number of esters is 1. The zero-order valence-corrected chi connectivity index (χ0v) is 32.3. The summed E-state index contributed by atoms with van der Waals surface area (Å²) < 4.78 is 10.9. The Hall–Kier alpha value is -4.51. The van der Waals surface area contributed by atoms with E-state index in [9.17, 15) is 54.0 Å². The number of nitrogens with zero attached hydrogens (tertiary/aromatic N) is 1. The van der Waals surface area contributed by atoms with Crippen molar-refractivity contribution in [1.29, 1.82) is 0 Å². The van der Waals surface area contributed by atoms with Crippen LogP contribution in [-0.4, -0.2) is 110 Å². The molecule has 1 aromatic carbocycles. The quantitative estimate of drug-likeness (QED) is 0.0668. The number of hydrogen-bond acceptors (Lipinski definition) is 12. The Labute approximate surface area is 320 Å². The number of ether oxygens (including phenoxy) is 2. The second kappa shape index (κ2) is 19.9. The van der Waals surface area contributed by atoms with Gasteiger partial charge in [0, 0.05) is 43.1 Å². The van der Waals surface area contributed by atoms with Gasteiger partial charge in [0.2, 0.25) is 11.8 Å². The van der Waals surface area contributed by atoms with E-state index in [1.165, 1.54) is 19.1 Å². The van der Waals surface area contributed by atoms with Gasteiger partial charge in [0.1, 0.15) is 36.7 Å². The van der Waals surface area contributed by atoms with Crippen molar-refractivity contribution in [1.82, 2.24) is 10.2 Å². The molecule has 4 amide bonds. The van der Waals surface area contributed by atoms with Crippen LogP contribution in [-0.2, 0) is 56.1 Å². The SMILES string of the molecule is CC(C)[C@H](CC(=O)CCCCCN1C(=O)C=CC1=O)C(=O)N[C@@H](C)C(=O)Nc1ccc(COC(=O)C(C)(C)C)c(CC[C@@H]2O[C@H](C(=O)O)[C@@H](O)[C@H](O)[C@H]2O)c1. The standard InChI is InChI=1S/C39H55N3O13/c1-21(2)27(19-26(43)10-8-7-9-17-42-29(44)15-16-30(42)45)36(50)40-22(3)35(49)41-25-13-11-24(20-54-38(53)39(4,5)6)23(18-25)12-14-28-31(46)32(47)33(48)34(55-28)37(51)52/h11,13,15-16,18,21-22,27-28,31-34,46-48H,7-10,12,14,17,19-20H2,1-6H3,(H,40,50)(H,41,49)(H,51,52)/t22-,27-,28-,31-,32+,33-,34-/m0/s1. The van der Waals surface area contributed by atoms with Gasteiger partial charge in [-0.25, -0.2) is 4.79 Å². The fourth-order valence-electron chi connectivity index (χ4n) is 6.16. The molecule has 1 fully saturated rings. The molecule has 0 saturated carbocycles. The summed E-state index contributed by atoms with van der Waals surface area (Å²) >= 11 is 0. The number of hydrogen-bond donors (Lipinski definition) is 6. The van der Waals surface area contributed by atoms with Gasteiger partial charge in [0.05, 0.1) is 11.5 Å². The highest BCUT2D eigenvalue weighted by atomic mass is 16.6. The maximum Gasteiger partial charge on any atom is 0.335 e. The van der Waals surface area contributed by atoms with Gasteiger partial charge in [-0.05, 0) is 82.6 Å². The number of aliphatic hydroxyl groups excluding tert-OH is 3. The molecule has 2 heterocycles. The van der Waals surface area contributed by atoms with E-state index in [-0.39, 0.29) is 62.4 Å². The van der Waals surface area contributed by atoms with Crippen LogP contribution in [0.5, 0.6) is 0 Å². The molecule has 3 rings (SSSR count). The number of amides is 4. The predicted octanol–water partition coefficient (Wildman–Crippen LogP) is 1.80. The topological polar surface area (TPSA) is 246 Å². The van der Waals surface area contributed by atoms with Crippen molar-refractivity contribution in [2.24, 2.45) is 17.3 Å². The first-order valence-electron chi connectivity index (χ1n) is 18.6. The Morgan fingerprint density at radius 2 is 1.55 bits per heavy atom. The lowest BCUT2D eigenvalue weighted by Gasteiger charge is -2.39. The highest BCUT2D eigenvalue weighted by molar-refractivity contribution is 6.12. The molecule has 0 spiro atoms. The number of nitrogens with one attached hydrogen (secondary N) is 2. The fourth-order valence-corrected chi connectivity index (χ4v) is 6.16. The molecule has 16 nitrogen and oxygen atoms in total. The van der Waals surface area contributed by atoms with Crippen molar-refractivity contribution >= 4 is 47.0 Å². The van der Waals surface area contributed by atoms with E-state index in [1.54, 1.807) is 39.0 Å². The number of aliphatic carboxylic acids is 1. The second-order valence-electron chi connectivity index (χ2n) is 15.5. The molecule has 0 aliphatic carbocycles. The number of unbranched alkanes of at least 4 members (excludes halogenated alkanes) is 2. The molecule has 0 bridgehead atoms. The second-order valence-corrected chi connectivity index (χ2v) is 15.5. The van der Waals surface area contributed by atoms with Crippen LogP contribution in [0.2, 0.25) is 0 Å². The van der Waals surface area contributed by atoms with Crippen LogP contribution in [0.4, 0.5) is 5.69 Å². The number of benzene rings is 1. The van der Waals surface area contributed by atoms with Crippen LogP contribution in [0.1, 0.15) is 91.2 Å². The number of rotatable bonds is 19. The number of Topliss-reactive ketones (excluding diaryl/α,β-unsaturated/α-hetero) is 1. The number of anilines is 1. The van der Waals surface area contributed by atoms with E-state index in [1.807, 2.05) is 13.8 Å². The monoisotopic (exact) mass is 773 g/mol. The van der Waals surface area contributed by atoms with Gasteiger partial charge in [0.25, 0.3) is 11.8 Å². The first-order chi connectivity index (χ1) is 25.7. The number of carboxylic acids is 1. The van der Waals surface area contributed by atoms with Gasteiger partial charge in [-0.3, -0.25) is 33.7 Å². The summed E-state index contributed by atoms with van der Waals surface area (Å²) in [6, 6.07) is 3.81. The van der Waals surface area contributed by atoms with Gasteiger partial charge in [-0.15, -0.1) is 0 Å². The Morgan fingerprint density at radius 1 is 0.891 bits per heavy atom. The molecular weight excluding hydrogens is 718 g/mol. The number of aryl methyl sites for hydroxylation is 1. The number of ketones is 1. The van der Waals surface area contributed by atoms with E-state index in [0.717, 1.165) is 4.90 Å². The maximum atomic E-state index is 13.3. The first-order valence-corrected chi connectivity index (χ1v) is 18.6. The minimum absolute atomic E-state index is 0.00749. The summed E-state index contributed by atoms with van der Waals surface area (Å²) in [4.78, 5) is 88.0. The third kappa shape index (κ3) is 12.8. The lowest BCUT2D eigenvalue weighted by Crippen LogP contribution is -2.59. The normalized spacial score (nSPS) is 22.4. The van der Waals surface area contributed by atoms with Crippen molar-refractivity contribution in [2.75, 3.05) is 11.9 Å². The fraction of sp³-hybridized carbons (Fsp3) is 0.615. The molecule has 1 saturated heterocycles. The van der Waals surface area contributed by atoms with Crippen molar-refractivity contribution in [3.63, 3.8) is 0 Å². The van der Waals surface area contributed by atoms with Crippen molar-refractivity contribution in [2.45, 2.75) is 130 Å². The Balaban J connectivity index is 1.62. The summed E-state index contributed by atoms with van der Waals surface area (Å²) in [6.07, 6.45) is -3.63. The molecule has 55 heavy (non-hydrogen) atoms. The lowest BCUT2D eigenvalue weighted by atomic mass is 9.88. The van der Waals surface area contributed by atoms with Gasteiger partial charge in [-0.2, -0.15) is 0 Å². The zero-order valence-electron chi connectivity index (χ0n) is 32.3. The van der Waals surface area contributed by atoms with Crippen LogP contribution in [0.3, 0.4) is 0 Å². The predicted molar refractivity (Wildman–Crippen MR) is 197 cm³/mol. The highest BCUT2D eigenvalue weighted by Crippen LogP contribution is 2.27. The summed E-state index contributed by atoms with van der Waals surface area (Å²) in [5, 5.41) is 45.7. The molecule has 2 aliphatic rings. The third-order valence-corrected chi connectivity index (χ3v) is 9.68. The van der Waals surface area contributed by atoms with Crippen molar-refractivity contribution in [3.05, 3.63) is 41.5 Å². The molecule has 7 atom stereocenters. The summed E-state index contributed by atoms with van der Waals surface area (Å²) in [6.45, 7) is 10.4. The zero-order chi connectivity index (χ0) is 41.2. The Kier molecular flexibility index (Phi) is 16.2. The number of carbonyl (C=O) groups is 7. The summed E-state index contributed by atoms with van der Waals surface area (Å²) in [5.74, 6) is -4.69. The number of aliphatic hydroxyl groups is 3. The van der Waals surface area contributed by atoms with Gasteiger partial charge in [-0.1, -0.05) is 26.3 Å². The maximum absolute atomic E-state index is 13.3. The van der Waals surface area contributed by atoms with Gasteiger partial charge >= 0.3 is 11.9 Å². The summed E-state index contributed by atoms with van der Waals surface area (Å²) in [7, 11) is 0. The van der Waals surface area contributed by atoms with Crippen LogP contribution in [0.15, 0.2) is 30.4 Å². The minimum atomic E-state index is -1.84. The van der Waals surface area contributed by atoms with E-state index in [2.05, 4.69) is 10.6 Å². The molecule has 16 heteroatoms. The van der Waals surface area contributed by atoms with E-state index < -0.39 is 71.6 Å². The largest absolute Gasteiger partial charge is 0.479 e. The van der Waals surface area contributed by atoms with E-state index in [4.69, 9.17) is 9.47 Å². The highest BCUT2D eigenvalue weighted by Gasteiger charge is 2.46. The first kappa shape index (κ1) is 44.9. The molecule has 1 aromatic rings. The van der Waals surface area contributed by atoms with Crippen LogP contribution >= 0.6 is 0 Å². The number of carbonyl (C=O) groups excluding carboxylic acids is 6. The van der Waals surface area contributed by atoms with Gasteiger partial charge in [0.15, 0.2) is 6.10 Å². The average molecular weight is 774 g/mol. The van der Waals surface area contributed by atoms with Crippen LogP contribution in [0.25, 0.3) is 0 Å². The van der Waals surface area contributed by atoms with Crippen molar-refractivity contribution < 1.29 is 63.5 Å². The van der Waals surface area contributed by atoms with E-state index >= 15 is 0 Å². The Morgan fingerprint density at radius 3 is 2.15 bits per heavy atom. The summed E-state index contributed by atoms with van der Waals surface area (Å²) in [5.41, 5.74) is 0.642. The smallest absolute Gasteiger partial charge is 0.335 e. The molecule has 0 unspecified atom stereocenters. The Bertz CT molecular complexity index is 1600. The molecular formula is C39H55N3O13.